The second-order valence-corrected chi connectivity index (χ2v) is 6.21. The van der Waals surface area contributed by atoms with E-state index in [2.05, 4.69) is 9.36 Å². The topological polar surface area (TPSA) is 29.0 Å². The van der Waals surface area contributed by atoms with Crippen molar-refractivity contribution in [3.63, 3.8) is 0 Å². The van der Waals surface area contributed by atoms with Crippen LogP contribution in [0.2, 0.25) is 5.02 Å². The molecule has 0 aliphatic rings. The summed E-state index contributed by atoms with van der Waals surface area (Å²) in [5.41, 5.74) is 1.40. The van der Waals surface area contributed by atoms with Crippen LogP contribution < -0.4 is 4.90 Å². The molecule has 0 atom stereocenters. The lowest BCUT2D eigenvalue weighted by Gasteiger charge is -2.15. The van der Waals surface area contributed by atoms with Gasteiger partial charge in [-0.05, 0) is 29.8 Å². The van der Waals surface area contributed by atoms with Gasteiger partial charge in [-0.3, -0.25) is 0 Å². The van der Waals surface area contributed by atoms with Crippen LogP contribution in [0.25, 0.3) is 11.4 Å². The van der Waals surface area contributed by atoms with Crippen molar-refractivity contribution in [2.24, 2.45) is 0 Å². The number of halogens is 3. The highest BCUT2D eigenvalue weighted by Crippen LogP contribution is 2.25. The largest absolute Gasteiger partial charge is 0.346 e. The molecule has 0 amide bonds. The van der Waals surface area contributed by atoms with Gasteiger partial charge < -0.3 is 4.90 Å². The van der Waals surface area contributed by atoms with E-state index < -0.39 is 11.6 Å². The van der Waals surface area contributed by atoms with E-state index in [4.69, 9.17) is 11.6 Å². The van der Waals surface area contributed by atoms with Crippen LogP contribution in [0.1, 0.15) is 5.56 Å². The van der Waals surface area contributed by atoms with Crippen LogP contribution in [0.5, 0.6) is 0 Å². The lowest BCUT2D eigenvalue weighted by atomic mass is 10.2. The molecule has 0 unspecified atom stereocenters. The van der Waals surface area contributed by atoms with Crippen molar-refractivity contribution in [3.05, 3.63) is 64.7 Å². The molecule has 3 nitrogen and oxygen atoms in total. The van der Waals surface area contributed by atoms with Gasteiger partial charge in [0.2, 0.25) is 5.13 Å². The van der Waals surface area contributed by atoms with Gasteiger partial charge in [-0.2, -0.15) is 9.36 Å². The summed E-state index contributed by atoms with van der Waals surface area (Å²) in [6.45, 7) is 0.628. The number of anilines is 1. The number of hydrogen-bond donors (Lipinski definition) is 0. The van der Waals surface area contributed by atoms with E-state index in [-0.39, 0.29) is 0 Å². The fourth-order valence-corrected chi connectivity index (χ4v) is 2.87. The Morgan fingerprint density at radius 1 is 1.09 bits per heavy atom. The Balaban J connectivity index is 1.79. The van der Waals surface area contributed by atoms with Crippen LogP contribution >= 0.6 is 23.1 Å². The number of rotatable bonds is 4. The van der Waals surface area contributed by atoms with Crippen LogP contribution in [0.15, 0.2) is 42.5 Å². The summed E-state index contributed by atoms with van der Waals surface area (Å²) in [7, 11) is 1.88. The number of hydrogen-bond acceptors (Lipinski definition) is 4. The summed E-state index contributed by atoms with van der Waals surface area (Å²) in [6, 6.07) is 10.8. The Kier molecular flexibility index (Phi) is 4.54. The molecule has 0 fully saturated rings. The molecule has 0 bridgehead atoms. The molecule has 0 aliphatic carbocycles. The van der Waals surface area contributed by atoms with Crippen molar-refractivity contribution < 1.29 is 8.78 Å². The van der Waals surface area contributed by atoms with Crippen molar-refractivity contribution in [1.82, 2.24) is 9.36 Å². The van der Waals surface area contributed by atoms with Gasteiger partial charge in [0.25, 0.3) is 0 Å². The molecular formula is C16H12ClF2N3S. The van der Waals surface area contributed by atoms with Gasteiger partial charge in [0.15, 0.2) is 5.82 Å². The molecule has 118 valence electrons. The Hall–Kier alpha value is -2.05. The van der Waals surface area contributed by atoms with Crippen LogP contribution in [-0.4, -0.2) is 16.4 Å². The van der Waals surface area contributed by atoms with E-state index in [9.17, 15) is 8.78 Å². The first-order valence-corrected chi connectivity index (χ1v) is 7.92. The predicted molar refractivity (Wildman–Crippen MR) is 88.8 cm³/mol. The third-order valence-corrected chi connectivity index (χ3v) is 4.28. The zero-order valence-corrected chi connectivity index (χ0v) is 13.7. The van der Waals surface area contributed by atoms with Gasteiger partial charge in [-0.1, -0.05) is 23.7 Å². The van der Waals surface area contributed by atoms with Gasteiger partial charge in [0.05, 0.1) is 0 Å². The lowest BCUT2D eigenvalue weighted by Crippen LogP contribution is -2.15. The minimum Gasteiger partial charge on any atom is -0.346 e. The third-order valence-electron chi connectivity index (χ3n) is 3.20. The zero-order chi connectivity index (χ0) is 16.4. The first-order valence-electron chi connectivity index (χ1n) is 6.77. The summed E-state index contributed by atoms with van der Waals surface area (Å²) in [5.74, 6) is -0.983. The van der Waals surface area contributed by atoms with Crippen molar-refractivity contribution >= 4 is 28.3 Å². The second kappa shape index (κ2) is 6.60. The molecule has 7 heteroatoms. The monoisotopic (exact) mass is 351 g/mol. The fourth-order valence-electron chi connectivity index (χ4n) is 2.10. The maximum atomic E-state index is 13.3. The van der Waals surface area contributed by atoms with E-state index >= 15 is 0 Å². The van der Waals surface area contributed by atoms with Crippen molar-refractivity contribution in [2.75, 3.05) is 11.9 Å². The molecule has 23 heavy (non-hydrogen) atoms. The quantitative estimate of drug-likeness (QED) is 0.677. The lowest BCUT2D eigenvalue weighted by molar-refractivity contribution is 0.584. The van der Waals surface area contributed by atoms with E-state index in [1.54, 1.807) is 0 Å². The molecule has 0 radical (unpaired) electrons. The Labute approximate surface area is 141 Å². The number of nitrogens with zero attached hydrogens (tertiary/aromatic N) is 3. The van der Waals surface area contributed by atoms with Gasteiger partial charge in [-0.25, -0.2) is 8.78 Å². The molecular weight excluding hydrogens is 340 g/mol. The third kappa shape index (κ3) is 3.83. The normalized spacial score (nSPS) is 10.8. The summed E-state index contributed by atoms with van der Waals surface area (Å²) in [4.78, 5) is 6.27. The highest BCUT2D eigenvalue weighted by Gasteiger charge is 2.12. The smallest absolute Gasteiger partial charge is 0.205 e. The van der Waals surface area contributed by atoms with Crippen molar-refractivity contribution in [3.8, 4) is 11.4 Å². The minimum absolute atomic E-state index is 0.311. The molecule has 1 aromatic heterocycles. The standard InChI is InChI=1S/C16H12ClF2N3S/c1-22(9-10-2-4-12(17)5-3-10)16-20-15(21-23-16)11-6-13(18)8-14(19)7-11/h2-8H,9H2,1H3. The van der Waals surface area contributed by atoms with Crippen molar-refractivity contribution in [2.45, 2.75) is 6.54 Å². The van der Waals surface area contributed by atoms with Gasteiger partial charge >= 0.3 is 0 Å². The summed E-state index contributed by atoms with van der Waals surface area (Å²) >= 11 is 7.05. The first-order chi connectivity index (χ1) is 11.0. The highest BCUT2D eigenvalue weighted by molar-refractivity contribution is 7.09. The van der Waals surface area contributed by atoms with Gasteiger partial charge in [0.1, 0.15) is 11.6 Å². The Morgan fingerprint density at radius 3 is 2.39 bits per heavy atom. The van der Waals surface area contributed by atoms with E-state index in [1.165, 1.54) is 23.7 Å². The number of benzene rings is 2. The maximum absolute atomic E-state index is 13.3. The van der Waals surface area contributed by atoms with Crippen LogP contribution in [0, 0.1) is 11.6 Å². The molecule has 3 rings (SSSR count). The van der Waals surface area contributed by atoms with E-state index in [0.29, 0.717) is 28.1 Å². The molecule has 0 spiro atoms. The number of aromatic nitrogens is 2. The van der Waals surface area contributed by atoms with Crippen LogP contribution in [0.3, 0.4) is 0 Å². The van der Waals surface area contributed by atoms with E-state index in [0.717, 1.165) is 11.6 Å². The summed E-state index contributed by atoms with van der Waals surface area (Å²) in [5, 5.41) is 1.35. The molecule has 3 aromatic rings. The molecule has 2 aromatic carbocycles. The maximum Gasteiger partial charge on any atom is 0.205 e. The predicted octanol–water partition coefficient (Wildman–Crippen LogP) is 4.77. The first kappa shape index (κ1) is 15.8. The molecule has 0 N–H and O–H groups in total. The summed E-state index contributed by atoms with van der Waals surface area (Å²) < 4.78 is 30.8. The average molecular weight is 352 g/mol. The summed E-state index contributed by atoms with van der Waals surface area (Å²) in [6.07, 6.45) is 0. The average Bonchev–Trinajstić information content (AvgIpc) is 2.98. The Bertz CT molecular complexity index is 800. The van der Waals surface area contributed by atoms with Gasteiger partial charge in [0, 0.05) is 41.8 Å². The molecule has 1 heterocycles. The Morgan fingerprint density at radius 2 is 1.74 bits per heavy atom. The zero-order valence-electron chi connectivity index (χ0n) is 12.1. The van der Waals surface area contributed by atoms with Crippen molar-refractivity contribution in [1.29, 1.82) is 0 Å². The van der Waals surface area contributed by atoms with Gasteiger partial charge in [-0.15, -0.1) is 0 Å². The van der Waals surface area contributed by atoms with Crippen LogP contribution in [0.4, 0.5) is 13.9 Å². The SMILES string of the molecule is CN(Cc1ccc(Cl)cc1)c1nc(-c2cc(F)cc(F)c2)ns1. The minimum atomic E-state index is -0.647. The molecule has 0 saturated heterocycles. The van der Waals surface area contributed by atoms with Crippen LogP contribution in [-0.2, 0) is 6.54 Å². The highest BCUT2D eigenvalue weighted by atomic mass is 35.5. The van der Waals surface area contributed by atoms with E-state index in [1.807, 2.05) is 36.2 Å². The molecule has 0 saturated carbocycles. The molecule has 0 aliphatic heterocycles. The second-order valence-electron chi connectivity index (χ2n) is 5.04. The fraction of sp³-hybridized carbons (Fsp3) is 0.125.